The lowest BCUT2D eigenvalue weighted by Gasteiger charge is -2.32. The van der Waals surface area contributed by atoms with Gasteiger partial charge < -0.3 is 19.9 Å². The summed E-state index contributed by atoms with van der Waals surface area (Å²) in [5.74, 6) is 1.61. The van der Waals surface area contributed by atoms with Crippen LogP contribution < -0.4 is 10.6 Å². The molecule has 0 aromatic carbocycles. The molecule has 0 aliphatic rings. The molecule has 0 saturated heterocycles. The van der Waals surface area contributed by atoms with Crippen molar-refractivity contribution in [2.24, 2.45) is 0 Å². The number of nitrogens with zero attached hydrogens (tertiary/aromatic N) is 4. The Labute approximate surface area is 113 Å². The van der Waals surface area contributed by atoms with Crippen LogP contribution in [0.2, 0.25) is 0 Å². The molecule has 2 heterocycles. The summed E-state index contributed by atoms with van der Waals surface area (Å²) in [4.78, 5) is 11.1. The van der Waals surface area contributed by atoms with Gasteiger partial charge in [-0.2, -0.15) is 0 Å². The van der Waals surface area contributed by atoms with Gasteiger partial charge in [-0.15, -0.1) is 0 Å². The van der Waals surface area contributed by atoms with Gasteiger partial charge in [0.2, 0.25) is 0 Å². The van der Waals surface area contributed by atoms with E-state index in [9.17, 15) is 0 Å². The molecule has 2 N–H and O–H groups in total. The molecule has 0 bridgehead atoms. The van der Waals surface area contributed by atoms with Crippen molar-refractivity contribution in [3.8, 4) is 0 Å². The van der Waals surface area contributed by atoms with Crippen LogP contribution >= 0.6 is 0 Å². The summed E-state index contributed by atoms with van der Waals surface area (Å²) in [5, 5.41) is 6.45. The molecule has 0 atom stereocenters. The number of hydrogen-bond donors (Lipinski definition) is 2. The fourth-order valence-corrected chi connectivity index (χ4v) is 1.63. The monoisotopic (exact) mass is 262 g/mol. The van der Waals surface area contributed by atoms with E-state index in [0.717, 1.165) is 23.8 Å². The molecule has 0 amide bonds. The standard InChI is InChI=1S/C13H22N6/c1-13(2,18(4)5)9-16-11-12-15-6-7-19(12)8-10(14-3)17-11/h6-8,14H,9H2,1-5H3,(H,16,17). The van der Waals surface area contributed by atoms with E-state index in [-0.39, 0.29) is 5.54 Å². The summed E-state index contributed by atoms with van der Waals surface area (Å²) >= 11 is 0. The van der Waals surface area contributed by atoms with Gasteiger partial charge in [0.05, 0.1) is 6.20 Å². The fourth-order valence-electron chi connectivity index (χ4n) is 1.63. The van der Waals surface area contributed by atoms with Crippen LogP contribution in [0.15, 0.2) is 18.6 Å². The highest BCUT2D eigenvalue weighted by atomic mass is 15.2. The number of aromatic nitrogens is 3. The average molecular weight is 262 g/mol. The summed E-state index contributed by atoms with van der Waals surface area (Å²) in [6.07, 6.45) is 5.61. The predicted molar refractivity (Wildman–Crippen MR) is 78.8 cm³/mol. The van der Waals surface area contributed by atoms with Crippen LogP contribution in [0.5, 0.6) is 0 Å². The number of rotatable bonds is 5. The topological polar surface area (TPSA) is 57.5 Å². The SMILES string of the molecule is CNc1cn2ccnc2c(NCC(C)(C)N(C)C)n1. The van der Waals surface area contributed by atoms with Gasteiger partial charge >= 0.3 is 0 Å². The summed E-state index contributed by atoms with van der Waals surface area (Å²) in [5.41, 5.74) is 0.884. The van der Waals surface area contributed by atoms with Crippen molar-refractivity contribution in [1.82, 2.24) is 19.3 Å². The second-order valence-corrected chi connectivity index (χ2v) is 5.44. The van der Waals surface area contributed by atoms with Crippen molar-refractivity contribution in [3.05, 3.63) is 18.6 Å². The van der Waals surface area contributed by atoms with Gasteiger partial charge in [0.25, 0.3) is 0 Å². The maximum absolute atomic E-state index is 4.53. The molecule has 2 aromatic rings. The first-order valence-corrected chi connectivity index (χ1v) is 6.37. The third kappa shape index (κ3) is 2.78. The highest BCUT2D eigenvalue weighted by Crippen LogP contribution is 2.18. The zero-order valence-electron chi connectivity index (χ0n) is 12.2. The molecule has 19 heavy (non-hydrogen) atoms. The van der Waals surface area contributed by atoms with E-state index < -0.39 is 0 Å². The van der Waals surface area contributed by atoms with E-state index in [2.05, 4.69) is 53.4 Å². The Morgan fingerprint density at radius 3 is 2.74 bits per heavy atom. The van der Waals surface area contributed by atoms with E-state index in [1.165, 1.54) is 0 Å². The third-order valence-corrected chi connectivity index (χ3v) is 3.53. The van der Waals surface area contributed by atoms with Gasteiger partial charge in [-0.25, -0.2) is 9.97 Å². The zero-order chi connectivity index (χ0) is 14.0. The normalized spacial score (nSPS) is 12.1. The summed E-state index contributed by atoms with van der Waals surface area (Å²) in [6.45, 7) is 5.16. The second kappa shape index (κ2) is 5.05. The van der Waals surface area contributed by atoms with Gasteiger partial charge in [0.1, 0.15) is 5.82 Å². The third-order valence-electron chi connectivity index (χ3n) is 3.53. The van der Waals surface area contributed by atoms with Crippen molar-refractivity contribution in [1.29, 1.82) is 0 Å². The van der Waals surface area contributed by atoms with E-state index in [1.807, 2.05) is 23.8 Å². The number of fused-ring (bicyclic) bond motifs is 1. The number of imidazole rings is 1. The lowest BCUT2D eigenvalue weighted by molar-refractivity contribution is 0.210. The minimum absolute atomic E-state index is 0.0426. The number of likely N-dealkylation sites (N-methyl/N-ethyl adjacent to an activating group) is 1. The van der Waals surface area contributed by atoms with Gasteiger partial charge in [-0.05, 0) is 27.9 Å². The zero-order valence-corrected chi connectivity index (χ0v) is 12.2. The van der Waals surface area contributed by atoms with E-state index in [0.29, 0.717) is 0 Å². The largest absolute Gasteiger partial charge is 0.372 e. The Kier molecular flexibility index (Phi) is 3.61. The Morgan fingerprint density at radius 2 is 2.11 bits per heavy atom. The molecule has 2 rings (SSSR count). The fraction of sp³-hybridized carbons (Fsp3) is 0.538. The highest BCUT2D eigenvalue weighted by molar-refractivity contribution is 5.65. The lowest BCUT2D eigenvalue weighted by atomic mass is 10.0. The molecule has 0 spiro atoms. The summed E-state index contributed by atoms with van der Waals surface area (Å²) < 4.78 is 1.96. The smallest absolute Gasteiger partial charge is 0.180 e. The van der Waals surface area contributed by atoms with Crippen LogP contribution in [-0.4, -0.2) is 52.5 Å². The molecule has 104 valence electrons. The van der Waals surface area contributed by atoms with Crippen LogP contribution in [0.3, 0.4) is 0 Å². The Hall–Kier alpha value is -1.82. The average Bonchev–Trinajstić information content (AvgIpc) is 2.83. The van der Waals surface area contributed by atoms with Gasteiger partial charge in [0.15, 0.2) is 11.5 Å². The van der Waals surface area contributed by atoms with Crippen molar-refractivity contribution in [2.75, 3.05) is 38.3 Å². The summed E-state index contributed by atoms with van der Waals surface area (Å²) in [6, 6.07) is 0. The van der Waals surface area contributed by atoms with Gasteiger partial charge in [-0.1, -0.05) is 0 Å². The van der Waals surface area contributed by atoms with Gasteiger partial charge in [0, 0.05) is 31.5 Å². The van der Waals surface area contributed by atoms with Crippen LogP contribution in [0.25, 0.3) is 5.65 Å². The minimum Gasteiger partial charge on any atom is -0.372 e. The van der Waals surface area contributed by atoms with Crippen LogP contribution in [0, 0.1) is 0 Å². The molecule has 0 saturated carbocycles. The van der Waals surface area contributed by atoms with Crippen molar-refractivity contribution < 1.29 is 0 Å². The summed E-state index contributed by atoms with van der Waals surface area (Å²) in [7, 11) is 6.01. The lowest BCUT2D eigenvalue weighted by Crippen LogP contribution is -2.44. The molecular formula is C13H22N6. The van der Waals surface area contributed by atoms with E-state index in [4.69, 9.17) is 0 Å². The first-order valence-electron chi connectivity index (χ1n) is 6.37. The number of anilines is 2. The number of nitrogens with one attached hydrogen (secondary N) is 2. The molecule has 0 radical (unpaired) electrons. The number of hydrogen-bond acceptors (Lipinski definition) is 5. The molecule has 0 aliphatic carbocycles. The van der Waals surface area contributed by atoms with Crippen LogP contribution in [0.4, 0.5) is 11.6 Å². The van der Waals surface area contributed by atoms with Crippen LogP contribution in [-0.2, 0) is 0 Å². The predicted octanol–water partition coefficient (Wildman–Crippen LogP) is 1.52. The first kappa shape index (κ1) is 13.6. The maximum atomic E-state index is 4.53. The van der Waals surface area contributed by atoms with E-state index in [1.54, 1.807) is 6.20 Å². The Balaban J connectivity index is 2.27. The maximum Gasteiger partial charge on any atom is 0.180 e. The molecule has 6 nitrogen and oxygen atoms in total. The Bertz CT molecular complexity index is 557. The molecule has 0 aliphatic heterocycles. The van der Waals surface area contributed by atoms with Gasteiger partial charge in [-0.3, -0.25) is 0 Å². The quantitative estimate of drug-likeness (QED) is 0.855. The molecule has 2 aromatic heterocycles. The molecule has 0 fully saturated rings. The molecule has 6 heteroatoms. The minimum atomic E-state index is 0.0426. The molecule has 0 unspecified atom stereocenters. The van der Waals surface area contributed by atoms with E-state index >= 15 is 0 Å². The van der Waals surface area contributed by atoms with Crippen LogP contribution in [0.1, 0.15) is 13.8 Å². The van der Waals surface area contributed by atoms with Crippen molar-refractivity contribution >= 4 is 17.3 Å². The van der Waals surface area contributed by atoms with Crippen molar-refractivity contribution in [3.63, 3.8) is 0 Å². The van der Waals surface area contributed by atoms with Crippen molar-refractivity contribution in [2.45, 2.75) is 19.4 Å². The first-order chi connectivity index (χ1) is 8.94. The molecular weight excluding hydrogens is 240 g/mol. The highest BCUT2D eigenvalue weighted by Gasteiger charge is 2.21. The second-order valence-electron chi connectivity index (χ2n) is 5.44. The Morgan fingerprint density at radius 1 is 1.37 bits per heavy atom.